The standard InChI is InChI=1S/C30H37N3O4/c1-21-7-5-15-31(21)16-6-18-36-25-10-12-27-22(20-25)8-13-28(34)33(27)24-9-11-26-23(19-24)14-17-32(26)29(35)37-30(2,3)4/h9-12,14,17,19-21H,5-8,13,15-16,18H2,1-4H3/t21-/m1/s1. The molecule has 37 heavy (non-hydrogen) atoms. The van der Waals surface area contributed by atoms with E-state index in [1.54, 1.807) is 11.1 Å². The van der Waals surface area contributed by atoms with Gasteiger partial charge < -0.3 is 14.4 Å². The fraction of sp³-hybridized carbons (Fsp3) is 0.467. The number of ether oxygens (including phenoxy) is 2. The molecule has 3 heterocycles. The highest BCUT2D eigenvalue weighted by Gasteiger charge is 2.27. The number of hydrogen-bond acceptors (Lipinski definition) is 5. The molecule has 0 spiro atoms. The third-order valence-electron chi connectivity index (χ3n) is 7.22. The number of nitrogens with zero attached hydrogens (tertiary/aromatic N) is 3. The molecular formula is C30H37N3O4. The normalized spacial score (nSPS) is 18.3. The molecule has 0 unspecified atom stereocenters. The molecule has 7 nitrogen and oxygen atoms in total. The summed E-state index contributed by atoms with van der Waals surface area (Å²) in [5.74, 6) is 0.916. The van der Waals surface area contributed by atoms with Gasteiger partial charge in [0, 0.05) is 36.3 Å². The lowest BCUT2D eigenvalue weighted by atomic mass is 10.00. The third-order valence-corrected chi connectivity index (χ3v) is 7.22. The maximum absolute atomic E-state index is 13.0. The Morgan fingerprint density at radius 3 is 2.68 bits per heavy atom. The van der Waals surface area contributed by atoms with Crippen molar-refractivity contribution in [2.45, 2.75) is 71.4 Å². The topological polar surface area (TPSA) is 64.0 Å². The van der Waals surface area contributed by atoms with Gasteiger partial charge in [0.2, 0.25) is 5.91 Å². The van der Waals surface area contributed by atoms with Gasteiger partial charge >= 0.3 is 6.09 Å². The molecule has 0 bridgehead atoms. The van der Waals surface area contributed by atoms with Gasteiger partial charge in [-0.2, -0.15) is 0 Å². The van der Waals surface area contributed by atoms with Crippen LogP contribution < -0.4 is 9.64 Å². The van der Waals surface area contributed by atoms with Crippen molar-refractivity contribution in [3.63, 3.8) is 0 Å². The van der Waals surface area contributed by atoms with Gasteiger partial charge in [0.1, 0.15) is 11.4 Å². The van der Waals surface area contributed by atoms with Crippen LogP contribution in [0.25, 0.3) is 10.9 Å². The predicted molar refractivity (Wildman–Crippen MR) is 146 cm³/mol. The summed E-state index contributed by atoms with van der Waals surface area (Å²) >= 11 is 0. The van der Waals surface area contributed by atoms with Crippen molar-refractivity contribution < 1.29 is 19.1 Å². The van der Waals surface area contributed by atoms with Crippen LogP contribution in [-0.4, -0.2) is 52.8 Å². The van der Waals surface area contributed by atoms with Crippen molar-refractivity contribution in [3.8, 4) is 5.75 Å². The number of aromatic nitrogens is 1. The molecule has 0 N–H and O–H groups in total. The number of rotatable bonds is 6. The molecule has 1 amide bonds. The summed E-state index contributed by atoms with van der Waals surface area (Å²) in [4.78, 5) is 29.9. The molecule has 5 rings (SSSR count). The van der Waals surface area contributed by atoms with Crippen LogP contribution in [0.3, 0.4) is 0 Å². The molecular weight excluding hydrogens is 466 g/mol. The van der Waals surface area contributed by atoms with Crippen LogP contribution in [0, 0.1) is 0 Å². The van der Waals surface area contributed by atoms with Gasteiger partial charge in [-0.15, -0.1) is 0 Å². The summed E-state index contributed by atoms with van der Waals surface area (Å²) in [6, 6.07) is 14.3. The minimum atomic E-state index is -0.577. The van der Waals surface area contributed by atoms with Crippen molar-refractivity contribution in [2.75, 3.05) is 24.6 Å². The van der Waals surface area contributed by atoms with E-state index in [9.17, 15) is 9.59 Å². The summed E-state index contributed by atoms with van der Waals surface area (Å²) in [6.45, 7) is 10.8. The van der Waals surface area contributed by atoms with E-state index in [4.69, 9.17) is 9.47 Å². The predicted octanol–water partition coefficient (Wildman–Crippen LogP) is 6.29. The van der Waals surface area contributed by atoms with E-state index in [2.05, 4.69) is 17.9 Å². The van der Waals surface area contributed by atoms with Crippen LogP contribution in [0.2, 0.25) is 0 Å². The fourth-order valence-corrected chi connectivity index (χ4v) is 5.36. The Labute approximate surface area is 218 Å². The molecule has 2 aromatic carbocycles. The van der Waals surface area contributed by atoms with Crippen molar-refractivity contribution in [1.82, 2.24) is 9.47 Å². The quantitative estimate of drug-likeness (QED) is 0.370. The first-order valence-corrected chi connectivity index (χ1v) is 13.4. The maximum Gasteiger partial charge on any atom is 0.418 e. The minimum absolute atomic E-state index is 0.0619. The molecule has 1 saturated heterocycles. The molecule has 1 fully saturated rings. The van der Waals surface area contributed by atoms with Crippen LogP contribution in [-0.2, 0) is 16.0 Å². The van der Waals surface area contributed by atoms with E-state index in [1.807, 2.05) is 57.2 Å². The molecule has 0 radical (unpaired) electrons. The molecule has 0 saturated carbocycles. The van der Waals surface area contributed by atoms with Crippen molar-refractivity contribution >= 4 is 34.3 Å². The Morgan fingerprint density at radius 2 is 1.92 bits per heavy atom. The number of fused-ring (bicyclic) bond motifs is 2. The summed E-state index contributed by atoms with van der Waals surface area (Å²) < 4.78 is 13.1. The van der Waals surface area contributed by atoms with E-state index in [-0.39, 0.29) is 5.91 Å². The van der Waals surface area contributed by atoms with E-state index in [1.165, 1.54) is 24.0 Å². The average molecular weight is 504 g/mol. The van der Waals surface area contributed by atoms with Crippen LogP contribution in [0.4, 0.5) is 16.2 Å². The lowest BCUT2D eigenvalue weighted by Crippen LogP contribution is -2.30. The first kappa shape index (κ1) is 25.3. The maximum atomic E-state index is 13.0. The van der Waals surface area contributed by atoms with Crippen molar-refractivity contribution in [2.24, 2.45) is 0 Å². The zero-order chi connectivity index (χ0) is 26.2. The second-order valence-corrected chi connectivity index (χ2v) is 11.2. The molecule has 2 aliphatic heterocycles. The Hall–Kier alpha value is -3.32. The summed E-state index contributed by atoms with van der Waals surface area (Å²) in [7, 11) is 0. The lowest BCUT2D eigenvalue weighted by molar-refractivity contribution is -0.118. The molecule has 1 aromatic heterocycles. The Morgan fingerprint density at radius 1 is 1.08 bits per heavy atom. The molecule has 2 aliphatic rings. The van der Waals surface area contributed by atoms with Gasteiger partial charge in [-0.05, 0) is 108 Å². The molecule has 0 aliphatic carbocycles. The van der Waals surface area contributed by atoms with Crippen LogP contribution in [0.15, 0.2) is 48.7 Å². The minimum Gasteiger partial charge on any atom is -0.494 e. The van der Waals surface area contributed by atoms with Gasteiger partial charge in [0.15, 0.2) is 0 Å². The van der Waals surface area contributed by atoms with E-state index in [0.717, 1.165) is 46.6 Å². The highest BCUT2D eigenvalue weighted by atomic mass is 16.6. The lowest BCUT2D eigenvalue weighted by Gasteiger charge is -2.30. The van der Waals surface area contributed by atoms with Gasteiger partial charge in [-0.25, -0.2) is 4.79 Å². The van der Waals surface area contributed by atoms with Gasteiger partial charge in [-0.3, -0.25) is 14.3 Å². The Balaban J connectivity index is 1.31. The molecule has 196 valence electrons. The Bertz CT molecular complexity index is 1310. The average Bonchev–Trinajstić information content (AvgIpc) is 3.46. The second-order valence-electron chi connectivity index (χ2n) is 11.2. The fourth-order valence-electron chi connectivity index (χ4n) is 5.36. The zero-order valence-electron chi connectivity index (χ0n) is 22.3. The SMILES string of the molecule is C[C@@H]1CCCN1CCCOc1ccc2c(c1)CCC(=O)N2c1ccc2c(ccn2C(=O)OC(C)(C)C)c1. The van der Waals surface area contributed by atoms with Gasteiger partial charge in [0.25, 0.3) is 0 Å². The molecule has 7 heteroatoms. The van der Waals surface area contributed by atoms with E-state index in [0.29, 0.717) is 25.5 Å². The first-order chi connectivity index (χ1) is 17.7. The van der Waals surface area contributed by atoms with Crippen molar-refractivity contribution in [1.29, 1.82) is 0 Å². The monoisotopic (exact) mass is 503 g/mol. The number of aryl methyl sites for hydroxylation is 1. The van der Waals surface area contributed by atoms with Gasteiger partial charge in [0.05, 0.1) is 17.8 Å². The molecule has 1 atom stereocenters. The Kier molecular flexibility index (Phi) is 6.99. The number of benzene rings is 2. The second kappa shape index (κ2) is 10.2. The molecule has 3 aromatic rings. The number of hydrogen-bond donors (Lipinski definition) is 0. The zero-order valence-corrected chi connectivity index (χ0v) is 22.3. The first-order valence-electron chi connectivity index (χ1n) is 13.4. The number of amides is 1. The summed E-state index contributed by atoms with van der Waals surface area (Å²) in [6.07, 6.45) is 6.04. The number of likely N-dealkylation sites (tertiary alicyclic amines) is 1. The van der Waals surface area contributed by atoms with E-state index >= 15 is 0 Å². The van der Waals surface area contributed by atoms with E-state index < -0.39 is 11.7 Å². The van der Waals surface area contributed by atoms with Crippen molar-refractivity contribution in [3.05, 3.63) is 54.2 Å². The summed E-state index contributed by atoms with van der Waals surface area (Å²) in [5, 5.41) is 0.871. The van der Waals surface area contributed by atoms with Crippen LogP contribution >= 0.6 is 0 Å². The summed E-state index contributed by atoms with van der Waals surface area (Å²) in [5.41, 5.74) is 2.95. The van der Waals surface area contributed by atoms with Crippen LogP contribution in [0.1, 0.15) is 58.9 Å². The highest BCUT2D eigenvalue weighted by Crippen LogP contribution is 2.37. The largest absolute Gasteiger partial charge is 0.494 e. The smallest absolute Gasteiger partial charge is 0.418 e. The number of carbonyl (C=O) groups is 2. The van der Waals surface area contributed by atoms with Gasteiger partial charge in [-0.1, -0.05) is 0 Å². The number of anilines is 2. The van der Waals surface area contributed by atoms with Crippen LogP contribution in [0.5, 0.6) is 5.75 Å². The third kappa shape index (κ3) is 5.52. The number of carbonyl (C=O) groups excluding carboxylic acids is 2. The highest BCUT2D eigenvalue weighted by molar-refractivity contribution is 6.05.